The van der Waals surface area contributed by atoms with Crippen molar-refractivity contribution in [1.82, 2.24) is 23.1 Å². The summed E-state index contributed by atoms with van der Waals surface area (Å²) in [6, 6.07) is 7.76. The number of aromatic nitrogens is 5. The third-order valence-electron chi connectivity index (χ3n) is 5.04. The van der Waals surface area contributed by atoms with Crippen LogP contribution in [-0.4, -0.2) is 29.7 Å². The van der Waals surface area contributed by atoms with E-state index in [9.17, 15) is 9.59 Å². The van der Waals surface area contributed by atoms with Gasteiger partial charge in [-0.05, 0) is 31.9 Å². The summed E-state index contributed by atoms with van der Waals surface area (Å²) in [6.07, 6.45) is 3.48. The van der Waals surface area contributed by atoms with Gasteiger partial charge in [0.2, 0.25) is 5.78 Å². The maximum atomic E-state index is 13.1. The summed E-state index contributed by atoms with van der Waals surface area (Å²) in [5.74, 6) is 1.33. The van der Waals surface area contributed by atoms with Gasteiger partial charge in [0.15, 0.2) is 11.2 Å². The molecule has 29 heavy (non-hydrogen) atoms. The van der Waals surface area contributed by atoms with Gasteiger partial charge in [0.05, 0.1) is 12.3 Å². The molecule has 4 rings (SSSR count). The van der Waals surface area contributed by atoms with Gasteiger partial charge < -0.3 is 4.74 Å². The van der Waals surface area contributed by atoms with E-state index in [0.29, 0.717) is 36.5 Å². The lowest BCUT2D eigenvalue weighted by Crippen LogP contribution is -2.39. The highest BCUT2D eigenvalue weighted by atomic mass is 16.5. The lowest BCUT2D eigenvalue weighted by Gasteiger charge is -2.13. The molecule has 0 saturated carbocycles. The summed E-state index contributed by atoms with van der Waals surface area (Å²) >= 11 is 0. The van der Waals surface area contributed by atoms with Crippen LogP contribution in [0.2, 0.25) is 0 Å². The number of fused-ring (bicyclic) bond motifs is 3. The van der Waals surface area contributed by atoms with Crippen LogP contribution in [0.25, 0.3) is 22.6 Å². The van der Waals surface area contributed by atoms with Crippen molar-refractivity contribution in [2.45, 2.75) is 40.2 Å². The van der Waals surface area contributed by atoms with Crippen molar-refractivity contribution in [3.05, 3.63) is 57.0 Å². The molecule has 1 aromatic carbocycles. The van der Waals surface area contributed by atoms with Gasteiger partial charge in [0, 0.05) is 25.5 Å². The molecule has 0 unspecified atom stereocenters. The Bertz CT molecular complexity index is 1320. The van der Waals surface area contributed by atoms with E-state index in [1.807, 2.05) is 48.9 Å². The first-order chi connectivity index (χ1) is 14.0. The second-order valence-electron chi connectivity index (χ2n) is 7.17. The zero-order chi connectivity index (χ0) is 20.7. The molecule has 0 aliphatic heterocycles. The molecule has 0 amide bonds. The van der Waals surface area contributed by atoms with E-state index < -0.39 is 0 Å². The molecule has 3 heterocycles. The second-order valence-corrected chi connectivity index (χ2v) is 7.17. The Morgan fingerprint density at radius 1 is 1.10 bits per heavy atom. The fourth-order valence-electron chi connectivity index (χ4n) is 3.70. The highest BCUT2D eigenvalue weighted by molar-refractivity contribution is 5.76. The zero-order valence-corrected chi connectivity index (χ0v) is 17.2. The van der Waals surface area contributed by atoms with Crippen LogP contribution >= 0.6 is 0 Å². The van der Waals surface area contributed by atoms with Gasteiger partial charge in [-0.3, -0.25) is 22.9 Å². The molecule has 0 N–H and O–H groups in total. The molecule has 0 spiro atoms. The maximum absolute atomic E-state index is 13.1. The number of nitrogens with zero attached hydrogens (tertiary/aromatic N) is 5. The topological polar surface area (TPSA) is 75.5 Å². The standard InChI is InChI=1S/C21H25N5O3/c1-5-11-24-19(27)17-18(23(4)21(24)28)22-20-25(17)13-14(3)26(20)15-9-7-8-10-16(15)29-12-6-2/h7-10,13H,5-6,11-12H2,1-4H3. The number of benzene rings is 1. The predicted octanol–water partition coefficient (Wildman–Crippen LogP) is 2.65. The zero-order valence-electron chi connectivity index (χ0n) is 17.2. The molecule has 0 aliphatic rings. The monoisotopic (exact) mass is 395 g/mol. The molecule has 0 bridgehead atoms. The van der Waals surface area contributed by atoms with Crippen LogP contribution in [0, 0.1) is 6.92 Å². The summed E-state index contributed by atoms with van der Waals surface area (Å²) < 4.78 is 12.4. The van der Waals surface area contributed by atoms with Gasteiger partial charge in [-0.25, -0.2) is 4.79 Å². The average Bonchev–Trinajstić information content (AvgIpc) is 3.23. The largest absolute Gasteiger partial charge is 0.491 e. The fourth-order valence-corrected chi connectivity index (χ4v) is 3.70. The van der Waals surface area contributed by atoms with Crippen LogP contribution in [0.1, 0.15) is 32.4 Å². The van der Waals surface area contributed by atoms with Crippen molar-refractivity contribution in [2.24, 2.45) is 7.05 Å². The van der Waals surface area contributed by atoms with Crippen molar-refractivity contribution in [1.29, 1.82) is 0 Å². The summed E-state index contributed by atoms with van der Waals surface area (Å²) in [7, 11) is 1.65. The summed E-state index contributed by atoms with van der Waals surface area (Å²) in [5, 5.41) is 0. The van der Waals surface area contributed by atoms with Crippen molar-refractivity contribution in [3.8, 4) is 11.4 Å². The number of ether oxygens (including phenoxy) is 1. The van der Waals surface area contributed by atoms with Gasteiger partial charge >= 0.3 is 5.69 Å². The Hall–Kier alpha value is -3.29. The van der Waals surface area contributed by atoms with E-state index in [2.05, 4.69) is 11.9 Å². The minimum Gasteiger partial charge on any atom is -0.491 e. The van der Waals surface area contributed by atoms with Crippen LogP contribution in [0.4, 0.5) is 0 Å². The van der Waals surface area contributed by atoms with E-state index in [0.717, 1.165) is 23.6 Å². The predicted molar refractivity (Wildman–Crippen MR) is 112 cm³/mol. The average molecular weight is 395 g/mol. The Labute approximate surface area is 167 Å². The van der Waals surface area contributed by atoms with E-state index in [4.69, 9.17) is 4.74 Å². The van der Waals surface area contributed by atoms with Crippen LogP contribution in [0.15, 0.2) is 40.1 Å². The van der Waals surface area contributed by atoms with E-state index in [1.165, 1.54) is 9.13 Å². The first-order valence-electron chi connectivity index (χ1n) is 9.91. The molecule has 4 aromatic rings. The lowest BCUT2D eigenvalue weighted by molar-refractivity contribution is 0.316. The molecule has 8 heteroatoms. The minimum absolute atomic E-state index is 0.315. The minimum atomic E-state index is -0.347. The SMILES string of the molecule is CCCOc1ccccc1-n1c(C)cn2c3c(=O)n(CCC)c(=O)n(C)c3nc12. The van der Waals surface area contributed by atoms with Gasteiger partial charge in [-0.1, -0.05) is 26.0 Å². The Morgan fingerprint density at radius 2 is 1.86 bits per heavy atom. The highest BCUT2D eigenvalue weighted by Gasteiger charge is 2.21. The first-order valence-corrected chi connectivity index (χ1v) is 9.91. The summed E-state index contributed by atoms with van der Waals surface area (Å²) in [5.41, 5.74) is 1.89. The molecule has 3 aromatic heterocycles. The second kappa shape index (κ2) is 7.27. The van der Waals surface area contributed by atoms with Crippen LogP contribution in [-0.2, 0) is 13.6 Å². The normalized spacial score (nSPS) is 11.6. The van der Waals surface area contributed by atoms with E-state index in [-0.39, 0.29) is 11.2 Å². The summed E-state index contributed by atoms with van der Waals surface area (Å²) in [6.45, 7) is 6.95. The first kappa shape index (κ1) is 19.0. The van der Waals surface area contributed by atoms with Crippen molar-refractivity contribution >= 4 is 16.9 Å². The number of hydrogen-bond donors (Lipinski definition) is 0. The molecule has 0 fully saturated rings. The molecule has 8 nitrogen and oxygen atoms in total. The van der Waals surface area contributed by atoms with E-state index >= 15 is 0 Å². The van der Waals surface area contributed by atoms with E-state index in [1.54, 1.807) is 11.4 Å². The molecule has 0 atom stereocenters. The smallest absolute Gasteiger partial charge is 0.332 e. The van der Waals surface area contributed by atoms with Gasteiger partial charge in [0.1, 0.15) is 5.75 Å². The third-order valence-corrected chi connectivity index (χ3v) is 5.04. The van der Waals surface area contributed by atoms with Gasteiger partial charge in [-0.15, -0.1) is 0 Å². The molecule has 0 aliphatic carbocycles. The Balaban J connectivity index is 2.06. The Kier molecular flexibility index (Phi) is 4.77. The molecule has 0 saturated heterocycles. The third kappa shape index (κ3) is 2.86. The molecular formula is C21H25N5O3. The lowest BCUT2D eigenvalue weighted by atomic mass is 10.3. The number of aryl methyl sites for hydroxylation is 2. The number of para-hydroxylation sites is 2. The fraction of sp³-hybridized carbons (Fsp3) is 0.381. The van der Waals surface area contributed by atoms with Crippen molar-refractivity contribution in [2.75, 3.05) is 6.61 Å². The number of rotatable bonds is 6. The quantitative estimate of drug-likeness (QED) is 0.503. The van der Waals surface area contributed by atoms with Crippen LogP contribution < -0.4 is 16.0 Å². The summed E-state index contributed by atoms with van der Waals surface area (Å²) in [4.78, 5) is 30.4. The van der Waals surface area contributed by atoms with Crippen molar-refractivity contribution < 1.29 is 4.74 Å². The van der Waals surface area contributed by atoms with Crippen molar-refractivity contribution in [3.63, 3.8) is 0 Å². The maximum Gasteiger partial charge on any atom is 0.332 e. The van der Waals surface area contributed by atoms with Gasteiger partial charge in [0.25, 0.3) is 5.56 Å². The van der Waals surface area contributed by atoms with Crippen LogP contribution in [0.3, 0.4) is 0 Å². The highest BCUT2D eigenvalue weighted by Crippen LogP contribution is 2.28. The number of hydrogen-bond acceptors (Lipinski definition) is 4. The Morgan fingerprint density at radius 3 is 2.59 bits per heavy atom. The molecule has 0 radical (unpaired) electrons. The van der Waals surface area contributed by atoms with Gasteiger partial charge in [-0.2, -0.15) is 4.98 Å². The van der Waals surface area contributed by atoms with Crippen LogP contribution in [0.5, 0.6) is 5.75 Å². The molecular weight excluding hydrogens is 370 g/mol. The molecule has 152 valence electrons. The number of imidazole rings is 2.